The molecule has 184 valence electrons. The molecule has 1 aliphatic heterocycles. The third-order valence-electron chi connectivity index (χ3n) is 6.12. The van der Waals surface area contributed by atoms with E-state index in [2.05, 4.69) is 10.6 Å². The Kier molecular flexibility index (Phi) is 6.94. The Balaban J connectivity index is 1.39. The first-order valence-corrected chi connectivity index (χ1v) is 11.9. The summed E-state index contributed by atoms with van der Waals surface area (Å²) in [5, 5.41) is 5.76. The Bertz CT molecular complexity index is 1380. The second-order valence-electron chi connectivity index (χ2n) is 8.66. The van der Waals surface area contributed by atoms with E-state index in [9.17, 15) is 14.4 Å². The normalized spacial score (nSPS) is 16.6. The van der Waals surface area contributed by atoms with Gasteiger partial charge in [0.15, 0.2) is 12.1 Å². The molecule has 7 nitrogen and oxygen atoms in total. The minimum Gasteiger partial charge on any atom is -0.438 e. The Hall–Kier alpha value is -4.91. The second-order valence-corrected chi connectivity index (χ2v) is 8.66. The molecule has 3 amide bonds. The number of carbonyl (C=O) groups is 3. The van der Waals surface area contributed by atoms with Crippen LogP contribution in [0, 0.1) is 0 Å². The maximum atomic E-state index is 13.5. The first-order valence-electron chi connectivity index (χ1n) is 11.9. The molecule has 2 atom stereocenters. The summed E-state index contributed by atoms with van der Waals surface area (Å²) in [4.78, 5) is 40.4. The molecule has 4 aromatic rings. The van der Waals surface area contributed by atoms with Crippen LogP contribution < -0.4 is 10.6 Å². The van der Waals surface area contributed by atoms with Crippen molar-refractivity contribution in [2.75, 3.05) is 10.6 Å². The van der Waals surface area contributed by atoms with Crippen molar-refractivity contribution in [3.05, 3.63) is 132 Å². The number of hydrogen-bond acceptors (Lipinski definition) is 4. The predicted octanol–water partition coefficient (Wildman–Crippen LogP) is 5.64. The molecule has 0 bridgehead atoms. The van der Waals surface area contributed by atoms with Crippen molar-refractivity contribution in [2.24, 2.45) is 0 Å². The van der Waals surface area contributed by atoms with Crippen LogP contribution in [0.3, 0.4) is 0 Å². The lowest BCUT2D eigenvalue weighted by Gasteiger charge is -2.24. The second kappa shape index (κ2) is 10.8. The number of carbonyl (C=O) groups excluding carboxylic acids is 3. The van der Waals surface area contributed by atoms with Crippen LogP contribution in [0.2, 0.25) is 0 Å². The van der Waals surface area contributed by atoms with E-state index in [0.29, 0.717) is 22.5 Å². The van der Waals surface area contributed by atoms with E-state index in [0.717, 1.165) is 5.56 Å². The van der Waals surface area contributed by atoms with E-state index in [-0.39, 0.29) is 18.4 Å². The van der Waals surface area contributed by atoms with Crippen LogP contribution in [0.25, 0.3) is 0 Å². The van der Waals surface area contributed by atoms with Crippen molar-refractivity contribution in [3.8, 4) is 0 Å². The fourth-order valence-corrected chi connectivity index (χ4v) is 4.28. The van der Waals surface area contributed by atoms with Gasteiger partial charge in [-0.2, -0.15) is 0 Å². The number of rotatable bonds is 7. The molecule has 0 saturated carbocycles. The summed E-state index contributed by atoms with van der Waals surface area (Å²) in [6, 6.07) is 33.6. The van der Waals surface area contributed by atoms with Crippen LogP contribution in [-0.2, 0) is 16.1 Å². The number of anilines is 2. The number of benzene rings is 4. The molecule has 0 aromatic heterocycles. The van der Waals surface area contributed by atoms with Crippen LogP contribution in [0.15, 0.2) is 115 Å². The van der Waals surface area contributed by atoms with Crippen molar-refractivity contribution >= 4 is 29.3 Å². The fraction of sp³-hybridized carbons (Fsp3) is 0.100. The largest absolute Gasteiger partial charge is 0.438 e. The van der Waals surface area contributed by atoms with Crippen molar-refractivity contribution < 1.29 is 19.1 Å². The molecule has 2 unspecified atom stereocenters. The number of para-hydroxylation sites is 1. The zero-order chi connectivity index (χ0) is 25.6. The summed E-state index contributed by atoms with van der Waals surface area (Å²) in [5.74, 6) is -0.575. The molecule has 5 rings (SSSR count). The van der Waals surface area contributed by atoms with Gasteiger partial charge in [-0.25, -0.2) is 4.79 Å². The van der Waals surface area contributed by atoms with Crippen molar-refractivity contribution in [1.82, 2.24) is 4.90 Å². The van der Waals surface area contributed by atoms with Crippen LogP contribution in [0.4, 0.5) is 16.2 Å². The van der Waals surface area contributed by atoms with Crippen LogP contribution in [-0.4, -0.2) is 28.8 Å². The van der Waals surface area contributed by atoms with E-state index in [4.69, 9.17) is 4.74 Å². The van der Waals surface area contributed by atoms with E-state index in [1.807, 2.05) is 54.6 Å². The fourth-order valence-electron chi connectivity index (χ4n) is 4.28. The van der Waals surface area contributed by atoms with Gasteiger partial charge in [0.05, 0.1) is 6.54 Å². The number of hydrogen-bond donors (Lipinski definition) is 2. The van der Waals surface area contributed by atoms with Gasteiger partial charge in [-0.05, 0) is 47.5 Å². The molecule has 1 saturated heterocycles. The SMILES string of the molecule is O=C(Nc1ccc(C2OC(=O)N(Cc3ccccc3)C2C(=O)Nc2ccccc2)cc1)c1ccccc1. The van der Waals surface area contributed by atoms with Gasteiger partial charge < -0.3 is 15.4 Å². The summed E-state index contributed by atoms with van der Waals surface area (Å²) >= 11 is 0. The van der Waals surface area contributed by atoms with Gasteiger partial charge in [-0.3, -0.25) is 14.5 Å². The highest BCUT2D eigenvalue weighted by Gasteiger charge is 2.47. The smallest absolute Gasteiger partial charge is 0.411 e. The standard InChI is InChI=1S/C30H25N3O4/c34-28(23-12-6-2-7-13-23)31-25-18-16-22(17-19-25)27-26(29(35)32-24-14-8-3-9-15-24)33(30(36)37-27)20-21-10-4-1-5-11-21/h1-19,26-27H,20H2,(H,31,34)(H,32,35). The highest BCUT2D eigenvalue weighted by Crippen LogP contribution is 2.35. The first-order chi connectivity index (χ1) is 18.1. The predicted molar refractivity (Wildman–Crippen MR) is 141 cm³/mol. The summed E-state index contributed by atoms with van der Waals surface area (Å²) in [6.45, 7) is 0.230. The minimum atomic E-state index is -0.891. The summed E-state index contributed by atoms with van der Waals surface area (Å²) < 4.78 is 5.73. The molecular weight excluding hydrogens is 466 g/mol. The average molecular weight is 492 g/mol. The number of nitrogens with zero attached hydrogens (tertiary/aromatic N) is 1. The van der Waals surface area contributed by atoms with E-state index < -0.39 is 18.2 Å². The van der Waals surface area contributed by atoms with E-state index >= 15 is 0 Å². The van der Waals surface area contributed by atoms with Crippen molar-refractivity contribution in [3.63, 3.8) is 0 Å². The summed E-state index contributed by atoms with van der Waals surface area (Å²) in [6.07, 6.45) is -1.39. The molecule has 1 aliphatic rings. The molecule has 7 heteroatoms. The number of nitrogens with one attached hydrogen (secondary N) is 2. The van der Waals surface area contributed by atoms with E-state index in [1.165, 1.54) is 4.90 Å². The lowest BCUT2D eigenvalue weighted by molar-refractivity contribution is -0.121. The number of cyclic esters (lactones) is 1. The van der Waals surface area contributed by atoms with Gasteiger partial charge in [0.1, 0.15) is 0 Å². The lowest BCUT2D eigenvalue weighted by atomic mass is 10.00. The molecule has 1 fully saturated rings. The quantitative estimate of drug-likeness (QED) is 0.350. The van der Waals surface area contributed by atoms with Crippen molar-refractivity contribution in [2.45, 2.75) is 18.7 Å². The Morgan fingerprint density at radius 2 is 1.27 bits per heavy atom. The molecular formula is C30H25N3O4. The molecule has 4 aromatic carbocycles. The van der Waals surface area contributed by atoms with Gasteiger partial charge in [-0.1, -0.05) is 78.9 Å². The van der Waals surface area contributed by atoms with Crippen LogP contribution in [0.1, 0.15) is 27.6 Å². The first kappa shape index (κ1) is 23.8. The number of ether oxygens (including phenoxy) is 1. The number of amides is 3. The molecule has 1 heterocycles. The lowest BCUT2D eigenvalue weighted by Crippen LogP contribution is -2.43. The van der Waals surface area contributed by atoms with Crippen LogP contribution in [0.5, 0.6) is 0 Å². The zero-order valence-corrected chi connectivity index (χ0v) is 19.9. The van der Waals surface area contributed by atoms with Gasteiger partial charge >= 0.3 is 6.09 Å². The maximum absolute atomic E-state index is 13.5. The maximum Gasteiger partial charge on any atom is 0.411 e. The van der Waals surface area contributed by atoms with Crippen LogP contribution >= 0.6 is 0 Å². The van der Waals surface area contributed by atoms with E-state index in [1.54, 1.807) is 60.7 Å². The van der Waals surface area contributed by atoms with Gasteiger partial charge in [-0.15, -0.1) is 0 Å². The topological polar surface area (TPSA) is 87.7 Å². The summed E-state index contributed by atoms with van der Waals surface area (Å²) in [5.41, 5.74) is 3.30. The highest BCUT2D eigenvalue weighted by molar-refractivity contribution is 6.04. The van der Waals surface area contributed by atoms with Gasteiger partial charge in [0.2, 0.25) is 0 Å². The summed E-state index contributed by atoms with van der Waals surface area (Å²) in [7, 11) is 0. The van der Waals surface area contributed by atoms with Gasteiger partial charge in [0, 0.05) is 16.9 Å². The Morgan fingerprint density at radius 1 is 0.703 bits per heavy atom. The minimum absolute atomic E-state index is 0.227. The highest BCUT2D eigenvalue weighted by atomic mass is 16.6. The molecule has 0 spiro atoms. The molecule has 0 aliphatic carbocycles. The monoisotopic (exact) mass is 491 g/mol. The molecule has 0 radical (unpaired) electrons. The molecule has 37 heavy (non-hydrogen) atoms. The average Bonchev–Trinajstić information content (AvgIpc) is 3.26. The Morgan fingerprint density at radius 3 is 1.92 bits per heavy atom. The Labute approximate surface area is 214 Å². The third-order valence-corrected chi connectivity index (χ3v) is 6.12. The third kappa shape index (κ3) is 5.51. The molecule has 2 N–H and O–H groups in total. The zero-order valence-electron chi connectivity index (χ0n) is 19.9. The van der Waals surface area contributed by atoms with Gasteiger partial charge in [0.25, 0.3) is 11.8 Å². The van der Waals surface area contributed by atoms with Crippen molar-refractivity contribution in [1.29, 1.82) is 0 Å².